The van der Waals surface area contributed by atoms with Gasteiger partial charge in [-0.15, -0.1) is 0 Å². The third-order valence-corrected chi connectivity index (χ3v) is 2.61. The van der Waals surface area contributed by atoms with Crippen LogP contribution >= 0.6 is 0 Å². The molecule has 0 amide bonds. The maximum absolute atomic E-state index is 10.1. The highest BCUT2D eigenvalue weighted by Gasteiger charge is 2.13. The minimum absolute atomic E-state index is 0.126. The molecule has 0 aliphatic heterocycles. The summed E-state index contributed by atoms with van der Waals surface area (Å²) in [6, 6.07) is 7.72. The number of fused-ring (bicyclic) bond motifs is 1. The lowest BCUT2D eigenvalue weighted by Crippen LogP contribution is -1.91. The SMILES string of the molecule is COc1cc2ccc(C)cc2c(O)c1OC. The summed E-state index contributed by atoms with van der Waals surface area (Å²) < 4.78 is 10.3. The highest BCUT2D eigenvalue weighted by Crippen LogP contribution is 2.42. The molecule has 0 aliphatic carbocycles. The third kappa shape index (κ3) is 1.54. The summed E-state index contributed by atoms with van der Waals surface area (Å²) in [7, 11) is 3.07. The monoisotopic (exact) mass is 218 g/mol. The van der Waals surface area contributed by atoms with E-state index in [0.717, 1.165) is 16.3 Å². The molecular weight excluding hydrogens is 204 g/mol. The molecule has 16 heavy (non-hydrogen) atoms. The average molecular weight is 218 g/mol. The quantitative estimate of drug-likeness (QED) is 0.842. The first-order chi connectivity index (χ1) is 7.67. The second kappa shape index (κ2) is 3.93. The zero-order chi connectivity index (χ0) is 11.7. The summed E-state index contributed by atoms with van der Waals surface area (Å²) in [6.07, 6.45) is 0. The number of benzene rings is 2. The molecular formula is C13H14O3. The van der Waals surface area contributed by atoms with Crippen molar-refractivity contribution in [1.82, 2.24) is 0 Å². The van der Waals surface area contributed by atoms with Gasteiger partial charge >= 0.3 is 0 Å². The molecule has 84 valence electrons. The van der Waals surface area contributed by atoms with E-state index in [2.05, 4.69) is 0 Å². The topological polar surface area (TPSA) is 38.7 Å². The summed E-state index contributed by atoms with van der Waals surface area (Å²) in [5, 5.41) is 11.8. The van der Waals surface area contributed by atoms with Crippen LogP contribution in [0.5, 0.6) is 17.2 Å². The Labute approximate surface area is 94.2 Å². The molecule has 0 aromatic heterocycles. The van der Waals surface area contributed by atoms with Crippen LogP contribution in [0.2, 0.25) is 0 Å². The number of rotatable bonds is 2. The van der Waals surface area contributed by atoms with Gasteiger partial charge in [0.1, 0.15) is 0 Å². The van der Waals surface area contributed by atoms with E-state index in [1.165, 1.54) is 7.11 Å². The van der Waals surface area contributed by atoms with Crippen LogP contribution in [-0.2, 0) is 0 Å². The Morgan fingerprint density at radius 1 is 1.06 bits per heavy atom. The van der Waals surface area contributed by atoms with Crippen molar-refractivity contribution in [3.8, 4) is 17.2 Å². The van der Waals surface area contributed by atoms with E-state index in [-0.39, 0.29) is 5.75 Å². The number of aryl methyl sites for hydroxylation is 1. The second-order valence-corrected chi connectivity index (χ2v) is 3.69. The van der Waals surface area contributed by atoms with E-state index < -0.39 is 0 Å². The Morgan fingerprint density at radius 3 is 2.44 bits per heavy atom. The number of phenolic OH excluding ortho intramolecular Hbond substituents is 1. The molecule has 3 heteroatoms. The van der Waals surface area contributed by atoms with Crippen LogP contribution in [0.15, 0.2) is 24.3 Å². The lowest BCUT2D eigenvalue weighted by Gasteiger charge is -2.12. The van der Waals surface area contributed by atoms with Crippen LogP contribution < -0.4 is 9.47 Å². The van der Waals surface area contributed by atoms with Crippen molar-refractivity contribution < 1.29 is 14.6 Å². The molecule has 0 saturated carbocycles. The van der Waals surface area contributed by atoms with Crippen LogP contribution in [-0.4, -0.2) is 19.3 Å². The van der Waals surface area contributed by atoms with Gasteiger partial charge in [-0.05, 0) is 24.4 Å². The minimum atomic E-state index is 0.126. The van der Waals surface area contributed by atoms with Crippen molar-refractivity contribution in [2.75, 3.05) is 14.2 Å². The van der Waals surface area contributed by atoms with E-state index in [1.807, 2.05) is 31.2 Å². The van der Waals surface area contributed by atoms with Gasteiger partial charge in [0, 0.05) is 5.39 Å². The van der Waals surface area contributed by atoms with Crippen LogP contribution in [0, 0.1) is 6.92 Å². The molecule has 2 aromatic carbocycles. The molecule has 0 unspecified atom stereocenters. The molecule has 1 N–H and O–H groups in total. The molecule has 0 spiro atoms. The Bertz CT molecular complexity index is 532. The highest BCUT2D eigenvalue weighted by atomic mass is 16.5. The van der Waals surface area contributed by atoms with Crippen molar-refractivity contribution >= 4 is 10.8 Å². The number of phenols is 1. The lowest BCUT2D eigenvalue weighted by atomic mass is 10.1. The van der Waals surface area contributed by atoms with E-state index in [0.29, 0.717) is 11.5 Å². The van der Waals surface area contributed by atoms with Crippen molar-refractivity contribution in [1.29, 1.82) is 0 Å². The Balaban J connectivity index is 2.82. The third-order valence-electron chi connectivity index (χ3n) is 2.61. The van der Waals surface area contributed by atoms with Gasteiger partial charge < -0.3 is 14.6 Å². The van der Waals surface area contributed by atoms with E-state index >= 15 is 0 Å². The predicted molar refractivity (Wildman–Crippen MR) is 63.5 cm³/mol. The molecule has 2 aromatic rings. The Hall–Kier alpha value is -1.90. The van der Waals surface area contributed by atoms with Crippen LogP contribution in [0.3, 0.4) is 0 Å². The summed E-state index contributed by atoms with van der Waals surface area (Å²) in [5.41, 5.74) is 1.09. The zero-order valence-corrected chi connectivity index (χ0v) is 9.57. The normalized spacial score (nSPS) is 10.4. The summed E-state index contributed by atoms with van der Waals surface area (Å²) in [6.45, 7) is 1.98. The summed E-state index contributed by atoms with van der Waals surface area (Å²) in [4.78, 5) is 0. The van der Waals surface area contributed by atoms with E-state index in [1.54, 1.807) is 7.11 Å². The van der Waals surface area contributed by atoms with Crippen LogP contribution in [0.25, 0.3) is 10.8 Å². The zero-order valence-electron chi connectivity index (χ0n) is 9.57. The molecule has 0 saturated heterocycles. The molecule has 0 heterocycles. The fourth-order valence-corrected chi connectivity index (χ4v) is 1.80. The van der Waals surface area contributed by atoms with Crippen LogP contribution in [0.1, 0.15) is 5.56 Å². The van der Waals surface area contributed by atoms with Crippen molar-refractivity contribution in [2.24, 2.45) is 0 Å². The van der Waals surface area contributed by atoms with Gasteiger partial charge in [0.2, 0.25) is 5.75 Å². The number of methoxy groups -OCH3 is 2. The molecule has 3 nitrogen and oxygen atoms in total. The second-order valence-electron chi connectivity index (χ2n) is 3.69. The van der Waals surface area contributed by atoms with E-state index in [4.69, 9.17) is 9.47 Å². The predicted octanol–water partition coefficient (Wildman–Crippen LogP) is 2.87. The number of aromatic hydroxyl groups is 1. The first-order valence-corrected chi connectivity index (χ1v) is 5.01. The maximum atomic E-state index is 10.1. The highest BCUT2D eigenvalue weighted by molar-refractivity contribution is 5.93. The first kappa shape index (κ1) is 10.6. The van der Waals surface area contributed by atoms with Crippen molar-refractivity contribution in [3.63, 3.8) is 0 Å². The van der Waals surface area contributed by atoms with E-state index in [9.17, 15) is 5.11 Å². The smallest absolute Gasteiger partial charge is 0.203 e. The molecule has 0 radical (unpaired) electrons. The Kier molecular flexibility index (Phi) is 2.60. The number of hydrogen-bond donors (Lipinski definition) is 1. The molecule has 0 atom stereocenters. The first-order valence-electron chi connectivity index (χ1n) is 5.01. The summed E-state index contributed by atoms with van der Waals surface area (Å²) in [5.74, 6) is 1.04. The molecule has 2 rings (SSSR count). The standard InChI is InChI=1S/C13H14O3/c1-8-4-5-9-7-11(15-2)13(16-3)12(14)10(9)6-8/h4-7,14H,1-3H3. The summed E-state index contributed by atoms with van der Waals surface area (Å²) >= 11 is 0. The van der Waals surface area contributed by atoms with Crippen molar-refractivity contribution in [3.05, 3.63) is 29.8 Å². The maximum Gasteiger partial charge on any atom is 0.203 e. The van der Waals surface area contributed by atoms with Gasteiger partial charge in [-0.3, -0.25) is 0 Å². The fourth-order valence-electron chi connectivity index (χ4n) is 1.80. The van der Waals surface area contributed by atoms with Gasteiger partial charge in [-0.1, -0.05) is 17.7 Å². The van der Waals surface area contributed by atoms with Gasteiger partial charge in [0.25, 0.3) is 0 Å². The molecule has 0 fully saturated rings. The molecule has 0 aliphatic rings. The average Bonchev–Trinajstić information content (AvgIpc) is 2.29. The van der Waals surface area contributed by atoms with Gasteiger partial charge in [0.05, 0.1) is 14.2 Å². The lowest BCUT2D eigenvalue weighted by molar-refractivity contribution is 0.335. The fraction of sp³-hybridized carbons (Fsp3) is 0.231. The van der Waals surface area contributed by atoms with Gasteiger partial charge in [0.15, 0.2) is 11.5 Å². The number of ether oxygens (including phenoxy) is 2. The van der Waals surface area contributed by atoms with Crippen LogP contribution in [0.4, 0.5) is 0 Å². The Morgan fingerprint density at radius 2 is 1.81 bits per heavy atom. The van der Waals surface area contributed by atoms with Gasteiger partial charge in [-0.2, -0.15) is 0 Å². The minimum Gasteiger partial charge on any atom is -0.504 e. The number of hydrogen-bond acceptors (Lipinski definition) is 3. The van der Waals surface area contributed by atoms with Gasteiger partial charge in [-0.25, -0.2) is 0 Å². The molecule has 0 bridgehead atoms. The largest absolute Gasteiger partial charge is 0.504 e. The van der Waals surface area contributed by atoms with Crippen molar-refractivity contribution in [2.45, 2.75) is 6.92 Å².